The van der Waals surface area contributed by atoms with Crippen LogP contribution < -0.4 is 15.5 Å². The van der Waals surface area contributed by atoms with Crippen LogP contribution in [0, 0.1) is 0 Å². The molecule has 0 atom stereocenters. The summed E-state index contributed by atoms with van der Waals surface area (Å²) < 4.78 is 42.3. The van der Waals surface area contributed by atoms with E-state index in [4.69, 9.17) is 35.4 Å². The molecule has 0 fully saturated rings. The molecular formula is C23H15Cl2F3N6OS. The molecule has 13 heteroatoms. The SMILES string of the molecule is FC(F)(F)Oc1ccc(-n2cnc(-c3ccc(/C=N/NC(=S)Nc4ccc(Cl)cc4Cl)cc3)n2)cc1. The highest BCUT2D eigenvalue weighted by Crippen LogP contribution is 2.26. The smallest absolute Gasteiger partial charge is 0.406 e. The Balaban J connectivity index is 1.34. The maximum atomic E-state index is 12.3. The second-order valence-electron chi connectivity index (χ2n) is 7.12. The molecule has 0 amide bonds. The number of halogens is 5. The van der Waals surface area contributed by atoms with E-state index in [1.165, 1.54) is 35.3 Å². The lowest BCUT2D eigenvalue weighted by molar-refractivity contribution is -0.274. The van der Waals surface area contributed by atoms with Gasteiger partial charge in [0.25, 0.3) is 0 Å². The lowest BCUT2D eigenvalue weighted by atomic mass is 10.1. The van der Waals surface area contributed by atoms with Crippen molar-refractivity contribution in [2.75, 3.05) is 5.32 Å². The van der Waals surface area contributed by atoms with Gasteiger partial charge in [-0.3, -0.25) is 5.43 Å². The average Bonchev–Trinajstić information content (AvgIpc) is 3.31. The molecule has 2 N–H and O–H groups in total. The predicted octanol–water partition coefficient (Wildman–Crippen LogP) is 6.46. The molecule has 0 bridgehead atoms. The van der Waals surface area contributed by atoms with Gasteiger partial charge in [0.15, 0.2) is 10.9 Å². The van der Waals surface area contributed by atoms with Gasteiger partial charge >= 0.3 is 6.36 Å². The van der Waals surface area contributed by atoms with Crippen molar-refractivity contribution in [2.45, 2.75) is 6.36 Å². The van der Waals surface area contributed by atoms with Gasteiger partial charge in [-0.1, -0.05) is 47.5 Å². The van der Waals surface area contributed by atoms with Crippen LogP contribution in [0.15, 0.2) is 78.2 Å². The third-order valence-corrected chi connectivity index (χ3v) is 5.30. The molecule has 0 saturated heterocycles. The Morgan fingerprint density at radius 3 is 2.42 bits per heavy atom. The maximum absolute atomic E-state index is 12.3. The summed E-state index contributed by atoms with van der Waals surface area (Å²) in [5.41, 5.74) is 5.36. The van der Waals surface area contributed by atoms with Crippen molar-refractivity contribution >= 4 is 52.4 Å². The number of aromatic nitrogens is 3. The fourth-order valence-electron chi connectivity index (χ4n) is 2.95. The lowest BCUT2D eigenvalue weighted by Gasteiger charge is -2.09. The van der Waals surface area contributed by atoms with E-state index in [1.807, 2.05) is 24.3 Å². The van der Waals surface area contributed by atoms with E-state index in [0.29, 0.717) is 27.2 Å². The highest BCUT2D eigenvalue weighted by atomic mass is 35.5. The first-order valence-electron chi connectivity index (χ1n) is 10.1. The number of hydrogen-bond donors (Lipinski definition) is 2. The Morgan fingerprint density at radius 2 is 1.75 bits per heavy atom. The van der Waals surface area contributed by atoms with Crippen LogP contribution in [0.3, 0.4) is 0 Å². The second-order valence-corrected chi connectivity index (χ2v) is 8.38. The van der Waals surface area contributed by atoms with Crippen molar-refractivity contribution < 1.29 is 17.9 Å². The van der Waals surface area contributed by atoms with Crippen LogP contribution >= 0.6 is 35.4 Å². The number of hydrogen-bond acceptors (Lipinski definition) is 5. The summed E-state index contributed by atoms with van der Waals surface area (Å²) in [4.78, 5) is 4.26. The van der Waals surface area contributed by atoms with E-state index in [2.05, 4.69) is 30.7 Å². The highest BCUT2D eigenvalue weighted by molar-refractivity contribution is 7.80. The fraction of sp³-hybridized carbons (Fsp3) is 0.0435. The van der Waals surface area contributed by atoms with E-state index in [0.717, 1.165) is 11.1 Å². The lowest BCUT2D eigenvalue weighted by Crippen LogP contribution is -2.24. The number of benzene rings is 3. The van der Waals surface area contributed by atoms with Gasteiger partial charge in [-0.2, -0.15) is 5.10 Å². The summed E-state index contributed by atoms with van der Waals surface area (Å²) in [6.45, 7) is 0. The van der Waals surface area contributed by atoms with Crippen LogP contribution in [0.2, 0.25) is 10.0 Å². The highest BCUT2D eigenvalue weighted by Gasteiger charge is 2.31. The zero-order valence-corrected chi connectivity index (χ0v) is 20.3. The van der Waals surface area contributed by atoms with Crippen molar-refractivity contribution in [3.05, 3.63) is 88.7 Å². The number of thiocarbonyl (C=S) groups is 1. The summed E-state index contributed by atoms with van der Waals surface area (Å²) in [6.07, 6.45) is -1.70. The number of nitrogens with one attached hydrogen (secondary N) is 2. The minimum absolute atomic E-state index is 0.250. The van der Waals surface area contributed by atoms with E-state index in [1.54, 1.807) is 24.4 Å². The minimum Gasteiger partial charge on any atom is -0.406 e. The molecular weight excluding hydrogens is 536 g/mol. The van der Waals surface area contributed by atoms with Crippen LogP contribution in [0.5, 0.6) is 5.75 Å². The van der Waals surface area contributed by atoms with E-state index in [9.17, 15) is 13.2 Å². The Morgan fingerprint density at radius 1 is 1.03 bits per heavy atom. The first kappa shape index (κ1) is 25.4. The summed E-state index contributed by atoms with van der Waals surface area (Å²) in [7, 11) is 0. The molecule has 1 aromatic heterocycles. The molecule has 0 unspecified atom stereocenters. The number of anilines is 1. The third kappa shape index (κ3) is 6.94. The molecule has 184 valence electrons. The third-order valence-electron chi connectivity index (χ3n) is 4.55. The molecule has 0 saturated carbocycles. The van der Waals surface area contributed by atoms with Gasteiger partial charge in [0.1, 0.15) is 12.1 Å². The Labute approximate surface area is 218 Å². The van der Waals surface area contributed by atoms with Crippen LogP contribution in [-0.4, -0.2) is 32.5 Å². The summed E-state index contributed by atoms with van der Waals surface area (Å²) in [5, 5.41) is 12.6. The van der Waals surface area contributed by atoms with E-state index < -0.39 is 6.36 Å². The van der Waals surface area contributed by atoms with Gasteiger partial charge in [-0.25, -0.2) is 9.67 Å². The molecule has 4 rings (SSSR count). The van der Waals surface area contributed by atoms with Gasteiger partial charge in [0, 0.05) is 10.6 Å². The van der Waals surface area contributed by atoms with Crippen LogP contribution in [0.4, 0.5) is 18.9 Å². The summed E-state index contributed by atoms with van der Waals surface area (Å²) in [5.74, 6) is 0.126. The van der Waals surface area contributed by atoms with Crippen molar-refractivity contribution in [2.24, 2.45) is 5.10 Å². The second kappa shape index (κ2) is 10.9. The van der Waals surface area contributed by atoms with Gasteiger partial charge in [0.2, 0.25) is 0 Å². The molecule has 0 radical (unpaired) electrons. The molecule has 1 heterocycles. The standard InChI is InChI=1S/C23H15Cl2F3N6OS/c24-16-5-10-20(19(25)11-16)31-22(36)32-30-12-14-1-3-15(4-2-14)21-29-13-34(33-21)17-6-8-18(9-7-17)35-23(26,27)28/h1-13H,(H2,31,32,36)/b30-12+. The molecule has 7 nitrogen and oxygen atoms in total. The van der Waals surface area contributed by atoms with Crippen molar-refractivity contribution in [1.82, 2.24) is 20.2 Å². The van der Waals surface area contributed by atoms with Gasteiger partial charge < -0.3 is 10.1 Å². The largest absolute Gasteiger partial charge is 0.573 e. The van der Waals surface area contributed by atoms with Crippen molar-refractivity contribution in [3.63, 3.8) is 0 Å². The van der Waals surface area contributed by atoms with Crippen molar-refractivity contribution in [3.8, 4) is 22.8 Å². The minimum atomic E-state index is -4.75. The number of nitrogens with zero attached hydrogens (tertiary/aromatic N) is 4. The van der Waals surface area contributed by atoms with E-state index in [-0.39, 0.29) is 10.9 Å². The van der Waals surface area contributed by atoms with Crippen LogP contribution in [0.25, 0.3) is 17.1 Å². The van der Waals surface area contributed by atoms with Gasteiger partial charge in [-0.15, -0.1) is 18.3 Å². The predicted molar refractivity (Wildman–Crippen MR) is 137 cm³/mol. The van der Waals surface area contributed by atoms with E-state index >= 15 is 0 Å². The quantitative estimate of drug-likeness (QED) is 0.163. The van der Waals surface area contributed by atoms with Crippen molar-refractivity contribution in [1.29, 1.82) is 0 Å². The molecule has 0 aliphatic rings. The number of hydrazone groups is 1. The van der Waals surface area contributed by atoms with Crippen LogP contribution in [0.1, 0.15) is 5.56 Å². The molecule has 36 heavy (non-hydrogen) atoms. The van der Waals surface area contributed by atoms with Crippen LogP contribution in [-0.2, 0) is 0 Å². The topological polar surface area (TPSA) is 76.4 Å². The Hall–Kier alpha value is -3.67. The summed E-state index contributed by atoms with van der Waals surface area (Å²) in [6, 6.07) is 17.6. The Kier molecular flexibility index (Phi) is 7.73. The summed E-state index contributed by atoms with van der Waals surface area (Å²) >= 11 is 17.2. The zero-order chi connectivity index (χ0) is 25.7. The molecule has 0 aliphatic carbocycles. The average molecular weight is 551 g/mol. The molecule has 4 aromatic rings. The van der Waals surface area contributed by atoms with Gasteiger partial charge in [-0.05, 0) is 60.2 Å². The normalized spacial score (nSPS) is 11.5. The zero-order valence-electron chi connectivity index (χ0n) is 18.0. The molecule has 3 aromatic carbocycles. The first-order chi connectivity index (χ1) is 17.2. The molecule has 0 aliphatic heterocycles. The Bertz CT molecular complexity index is 1390. The molecule has 0 spiro atoms. The number of rotatable bonds is 6. The van der Waals surface area contributed by atoms with Gasteiger partial charge in [0.05, 0.1) is 22.6 Å². The first-order valence-corrected chi connectivity index (χ1v) is 11.3. The number of ether oxygens (including phenoxy) is 1. The maximum Gasteiger partial charge on any atom is 0.573 e. The number of alkyl halides is 3. The monoisotopic (exact) mass is 550 g/mol. The fourth-order valence-corrected chi connectivity index (χ4v) is 3.56.